The zero-order valence-electron chi connectivity index (χ0n) is 32.0. The fraction of sp³-hybridized carbons (Fsp3) is 0.500. The molecular weight excluding hydrogens is 734 g/mol. The number of carbonyl (C=O) groups is 10. The van der Waals surface area contributed by atoms with Gasteiger partial charge >= 0.3 is 5.97 Å². The van der Waals surface area contributed by atoms with Crippen molar-refractivity contribution in [3.63, 3.8) is 0 Å². The van der Waals surface area contributed by atoms with Gasteiger partial charge in [-0.15, -0.1) is 0 Å². The fourth-order valence-corrected chi connectivity index (χ4v) is 4.89. The average Bonchev–Trinajstić information content (AvgIpc) is 3.11. The van der Waals surface area contributed by atoms with Crippen molar-refractivity contribution in [2.24, 2.45) is 23.3 Å². The van der Waals surface area contributed by atoms with E-state index >= 15 is 0 Å². The Bertz CT molecular complexity index is 1620. The fourth-order valence-electron chi connectivity index (χ4n) is 4.89. The molecule has 20 nitrogen and oxygen atoms in total. The maximum absolute atomic E-state index is 13.3. The number of primary amides is 2. The van der Waals surface area contributed by atoms with E-state index < -0.39 is 102 Å². The van der Waals surface area contributed by atoms with E-state index in [1.165, 1.54) is 6.92 Å². The third-order valence-electron chi connectivity index (χ3n) is 7.85. The molecule has 20 heteroatoms. The van der Waals surface area contributed by atoms with E-state index in [0.717, 1.165) is 12.2 Å². The normalized spacial score (nSPS) is 13.6. The van der Waals surface area contributed by atoms with Crippen molar-refractivity contribution in [2.75, 3.05) is 13.1 Å². The number of carbonyl (C=O) groups excluding carboxylic acids is 9. The number of carboxylic acid groups (broad SMARTS) is 1. The molecule has 0 fully saturated rings. The van der Waals surface area contributed by atoms with Crippen molar-refractivity contribution in [1.82, 2.24) is 37.2 Å². The molecule has 0 saturated carbocycles. The lowest BCUT2D eigenvalue weighted by atomic mass is 10.0. The van der Waals surface area contributed by atoms with Crippen LogP contribution in [0.3, 0.4) is 0 Å². The van der Waals surface area contributed by atoms with Crippen molar-refractivity contribution in [1.29, 1.82) is 0 Å². The van der Waals surface area contributed by atoms with Crippen molar-refractivity contribution in [3.05, 3.63) is 48.0 Å². The van der Waals surface area contributed by atoms with E-state index in [0.29, 0.717) is 5.56 Å². The molecule has 12 N–H and O–H groups in total. The number of nitrogens with one attached hydrogen (secondary N) is 7. The third kappa shape index (κ3) is 19.1. The largest absolute Gasteiger partial charge is 0.480 e. The summed E-state index contributed by atoms with van der Waals surface area (Å²) in [6.45, 7) is 7.08. The number of carboxylic acids is 1. The topological polar surface area (TPSA) is 327 Å². The molecule has 5 atom stereocenters. The first-order valence-corrected chi connectivity index (χ1v) is 17.8. The maximum Gasteiger partial charge on any atom is 0.326 e. The van der Waals surface area contributed by atoms with Crippen LogP contribution in [0.2, 0.25) is 0 Å². The summed E-state index contributed by atoms with van der Waals surface area (Å²) in [5, 5.41) is 26.0. The lowest BCUT2D eigenvalue weighted by Gasteiger charge is -2.26. The Labute approximate surface area is 324 Å². The molecule has 1 aromatic rings. The molecule has 0 aliphatic heterocycles. The zero-order valence-corrected chi connectivity index (χ0v) is 32.0. The minimum atomic E-state index is -1.40. The molecule has 0 spiro atoms. The Morgan fingerprint density at radius 3 is 1.80 bits per heavy atom. The van der Waals surface area contributed by atoms with Crippen molar-refractivity contribution >= 4 is 59.1 Å². The summed E-state index contributed by atoms with van der Waals surface area (Å²) in [6, 6.07) is 2.61. The molecule has 0 heterocycles. The Hall–Kier alpha value is -6.34. The van der Waals surface area contributed by atoms with Crippen LogP contribution in [0, 0.1) is 11.8 Å². The summed E-state index contributed by atoms with van der Waals surface area (Å²) in [7, 11) is 0. The SMILES string of the molecule is CC(C)CC(NC(=O)C(CCC(N)=O)NC(=O)C=CC(=O)NCC(=O)NCC(=O)NC(Cc1ccccc1)C(=O)O)C(=O)NC(C)C(=O)NC(C(N)=O)C(C)C. The summed E-state index contributed by atoms with van der Waals surface area (Å²) in [6.07, 6.45) is 1.00. The second-order valence-electron chi connectivity index (χ2n) is 13.6. The van der Waals surface area contributed by atoms with Crippen LogP contribution in [0.5, 0.6) is 0 Å². The number of hydrogen-bond acceptors (Lipinski definition) is 10. The van der Waals surface area contributed by atoms with Gasteiger partial charge in [-0.2, -0.15) is 0 Å². The van der Waals surface area contributed by atoms with Crippen LogP contribution in [-0.4, -0.2) is 108 Å². The van der Waals surface area contributed by atoms with Gasteiger partial charge in [0.1, 0.15) is 30.2 Å². The first-order chi connectivity index (χ1) is 26.2. The molecule has 0 aliphatic rings. The lowest BCUT2D eigenvalue weighted by molar-refractivity contribution is -0.141. The Morgan fingerprint density at radius 1 is 0.661 bits per heavy atom. The van der Waals surface area contributed by atoms with Gasteiger partial charge in [-0.25, -0.2) is 4.79 Å². The average molecular weight is 788 g/mol. The second-order valence-corrected chi connectivity index (χ2v) is 13.6. The zero-order chi connectivity index (χ0) is 42.5. The molecule has 0 radical (unpaired) electrons. The highest BCUT2D eigenvalue weighted by Gasteiger charge is 2.30. The van der Waals surface area contributed by atoms with Crippen LogP contribution < -0.4 is 48.7 Å². The van der Waals surface area contributed by atoms with Gasteiger partial charge in [0.2, 0.25) is 53.2 Å². The van der Waals surface area contributed by atoms with E-state index in [2.05, 4.69) is 37.2 Å². The highest BCUT2D eigenvalue weighted by atomic mass is 16.4. The molecule has 9 amide bonds. The molecule has 0 bridgehead atoms. The lowest BCUT2D eigenvalue weighted by Crippen LogP contribution is -2.58. The quantitative estimate of drug-likeness (QED) is 0.0471. The van der Waals surface area contributed by atoms with E-state index in [1.54, 1.807) is 58.0 Å². The number of aliphatic carboxylic acids is 1. The van der Waals surface area contributed by atoms with Gasteiger partial charge in [0.05, 0.1) is 13.1 Å². The predicted molar refractivity (Wildman–Crippen MR) is 200 cm³/mol. The number of nitrogens with two attached hydrogens (primary N) is 2. The van der Waals surface area contributed by atoms with Crippen LogP contribution in [0.1, 0.15) is 59.4 Å². The summed E-state index contributed by atoms with van der Waals surface area (Å²) in [4.78, 5) is 123. The van der Waals surface area contributed by atoms with Crippen LogP contribution in [0.25, 0.3) is 0 Å². The molecule has 0 saturated heterocycles. The first kappa shape index (κ1) is 47.7. The standard InChI is InChI=1S/C36H53N9O11/c1-19(2)15-24(35(54)41-21(5)33(52)45-31(20(3)4)32(38)51)44-34(53)23(11-12-26(37)46)42-28(48)14-13-27(47)39-17-29(49)40-18-30(50)43-25(36(55)56)16-22-9-7-6-8-10-22/h6-10,13-14,19-21,23-25,31H,11-12,15-18H2,1-5H3,(H2,37,46)(H2,38,51)(H,39,47)(H,40,49)(H,41,54)(H,42,48)(H,43,50)(H,44,53)(H,45,52)(H,55,56). The highest BCUT2D eigenvalue weighted by molar-refractivity contribution is 6.00. The van der Waals surface area contributed by atoms with Crippen LogP contribution >= 0.6 is 0 Å². The minimum absolute atomic E-state index is 0.0136. The van der Waals surface area contributed by atoms with Crippen molar-refractivity contribution in [2.45, 2.75) is 90.5 Å². The number of amides is 9. The maximum atomic E-state index is 13.3. The molecule has 308 valence electrons. The van der Waals surface area contributed by atoms with Gasteiger partial charge in [-0.05, 0) is 37.2 Å². The Morgan fingerprint density at radius 2 is 1.25 bits per heavy atom. The summed E-state index contributed by atoms with van der Waals surface area (Å²) in [5.74, 6) is -9.04. The van der Waals surface area contributed by atoms with Gasteiger partial charge in [-0.3, -0.25) is 43.2 Å². The van der Waals surface area contributed by atoms with Gasteiger partial charge in [0, 0.05) is 25.0 Å². The van der Waals surface area contributed by atoms with E-state index in [4.69, 9.17) is 11.5 Å². The minimum Gasteiger partial charge on any atom is -0.480 e. The van der Waals surface area contributed by atoms with Crippen LogP contribution in [-0.2, 0) is 54.4 Å². The summed E-state index contributed by atoms with van der Waals surface area (Å²) < 4.78 is 0. The Kier molecular flexibility index (Phi) is 20.6. The predicted octanol–water partition coefficient (Wildman–Crippen LogP) is -3.00. The molecule has 1 rings (SSSR count). The highest BCUT2D eigenvalue weighted by Crippen LogP contribution is 2.08. The first-order valence-electron chi connectivity index (χ1n) is 17.8. The second kappa shape index (κ2) is 24.1. The van der Waals surface area contributed by atoms with Gasteiger partial charge in [0.25, 0.3) is 0 Å². The smallest absolute Gasteiger partial charge is 0.326 e. The van der Waals surface area contributed by atoms with Crippen LogP contribution in [0.15, 0.2) is 42.5 Å². The number of rotatable bonds is 24. The molecule has 5 unspecified atom stereocenters. The van der Waals surface area contributed by atoms with Gasteiger partial charge in [-0.1, -0.05) is 58.0 Å². The number of benzene rings is 1. The molecule has 56 heavy (non-hydrogen) atoms. The molecule has 0 aromatic heterocycles. The summed E-state index contributed by atoms with van der Waals surface area (Å²) in [5.41, 5.74) is 11.3. The van der Waals surface area contributed by atoms with Gasteiger partial charge < -0.3 is 53.8 Å². The molecule has 1 aromatic carbocycles. The summed E-state index contributed by atoms with van der Waals surface area (Å²) >= 11 is 0. The third-order valence-corrected chi connectivity index (χ3v) is 7.85. The number of hydrogen-bond donors (Lipinski definition) is 10. The van der Waals surface area contributed by atoms with Crippen LogP contribution in [0.4, 0.5) is 0 Å². The Balaban J connectivity index is 2.79. The van der Waals surface area contributed by atoms with Crippen molar-refractivity contribution in [3.8, 4) is 0 Å². The van der Waals surface area contributed by atoms with E-state index in [1.807, 2.05) is 0 Å². The van der Waals surface area contributed by atoms with E-state index in [-0.39, 0.29) is 37.5 Å². The van der Waals surface area contributed by atoms with E-state index in [9.17, 15) is 53.1 Å². The van der Waals surface area contributed by atoms with Gasteiger partial charge in [0.15, 0.2) is 0 Å². The molecule has 0 aliphatic carbocycles. The molecular formula is C36H53N9O11. The van der Waals surface area contributed by atoms with Crippen molar-refractivity contribution < 1.29 is 53.1 Å². The monoisotopic (exact) mass is 787 g/mol.